The molecule has 1 fully saturated rings. The van der Waals surface area contributed by atoms with Gasteiger partial charge in [0, 0.05) is 6.20 Å². The van der Waals surface area contributed by atoms with Crippen molar-refractivity contribution in [3.8, 4) is 12.3 Å². The minimum atomic E-state index is -1.14. The SMILES string of the molecule is C#Cc1ccn([C@@H]2O[C@H](CO)C(O)[C@@H]2O)n1. The van der Waals surface area contributed by atoms with Crippen molar-refractivity contribution in [2.75, 3.05) is 6.61 Å². The van der Waals surface area contributed by atoms with E-state index in [1.807, 2.05) is 0 Å². The van der Waals surface area contributed by atoms with E-state index < -0.39 is 24.5 Å². The fraction of sp³-hybridized carbons (Fsp3) is 0.500. The van der Waals surface area contributed by atoms with Gasteiger partial charge in [-0.25, -0.2) is 4.68 Å². The monoisotopic (exact) mass is 224 g/mol. The third kappa shape index (κ3) is 1.70. The van der Waals surface area contributed by atoms with Crippen LogP contribution in [0.4, 0.5) is 0 Å². The second-order valence-corrected chi connectivity index (χ2v) is 3.55. The second-order valence-electron chi connectivity index (χ2n) is 3.55. The summed E-state index contributed by atoms with van der Waals surface area (Å²) in [5, 5.41) is 32.1. The Kier molecular flexibility index (Phi) is 2.94. The van der Waals surface area contributed by atoms with Gasteiger partial charge in [0.1, 0.15) is 24.0 Å². The highest BCUT2D eigenvalue weighted by molar-refractivity contribution is 5.21. The molecule has 1 aromatic rings. The molecule has 16 heavy (non-hydrogen) atoms. The van der Waals surface area contributed by atoms with E-state index in [0.29, 0.717) is 5.69 Å². The van der Waals surface area contributed by atoms with Crippen LogP contribution in [0.2, 0.25) is 0 Å². The van der Waals surface area contributed by atoms with Crippen molar-refractivity contribution in [1.82, 2.24) is 9.78 Å². The summed E-state index contributed by atoms with van der Waals surface area (Å²) in [6.45, 7) is -0.363. The van der Waals surface area contributed by atoms with Crippen LogP contribution < -0.4 is 0 Å². The molecule has 6 nitrogen and oxygen atoms in total. The molecule has 1 saturated heterocycles. The molecule has 1 aromatic heterocycles. The van der Waals surface area contributed by atoms with E-state index in [4.69, 9.17) is 16.3 Å². The Morgan fingerprint density at radius 3 is 2.75 bits per heavy atom. The van der Waals surface area contributed by atoms with Crippen LogP contribution in [-0.2, 0) is 4.74 Å². The summed E-state index contributed by atoms with van der Waals surface area (Å²) in [5.74, 6) is 2.34. The van der Waals surface area contributed by atoms with Gasteiger partial charge < -0.3 is 20.1 Å². The van der Waals surface area contributed by atoms with Crippen LogP contribution in [0.25, 0.3) is 0 Å². The van der Waals surface area contributed by atoms with Crippen LogP contribution >= 0.6 is 0 Å². The molecule has 2 rings (SSSR count). The Morgan fingerprint density at radius 2 is 2.25 bits per heavy atom. The Labute approximate surface area is 92.1 Å². The molecule has 2 heterocycles. The van der Waals surface area contributed by atoms with E-state index in [2.05, 4.69) is 11.0 Å². The average Bonchev–Trinajstić information content (AvgIpc) is 2.86. The zero-order valence-electron chi connectivity index (χ0n) is 8.39. The molecule has 0 aliphatic carbocycles. The van der Waals surface area contributed by atoms with Crippen molar-refractivity contribution in [1.29, 1.82) is 0 Å². The molecule has 0 spiro atoms. The Balaban J connectivity index is 2.20. The van der Waals surface area contributed by atoms with Gasteiger partial charge in [0.25, 0.3) is 0 Å². The Bertz CT molecular complexity index is 411. The van der Waals surface area contributed by atoms with Crippen molar-refractivity contribution < 1.29 is 20.1 Å². The normalized spacial score (nSPS) is 33.9. The molecular weight excluding hydrogens is 212 g/mol. The molecule has 4 atom stereocenters. The van der Waals surface area contributed by atoms with E-state index in [0.717, 1.165) is 0 Å². The lowest BCUT2D eigenvalue weighted by Crippen LogP contribution is -2.33. The first kappa shape index (κ1) is 11.1. The highest BCUT2D eigenvalue weighted by atomic mass is 16.6. The van der Waals surface area contributed by atoms with Crippen molar-refractivity contribution in [3.05, 3.63) is 18.0 Å². The van der Waals surface area contributed by atoms with Gasteiger partial charge in [-0.3, -0.25) is 0 Å². The molecular formula is C10H12N2O4. The number of aliphatic hydroxyl groups excluding tert-OH is 3. The van der Waals surface area contributed by atoms with Crippen molar-refractivity contribution in [3.63, 3.8) is 0 Å². The standard InChI is InChI=1S/C10H12N2O4/c1-2-6-3-4-12(11-6)10-9(15)8(14)7(5-13)16-10/h1,3-4,7-10,13-15H,5H2/t7-,8?,9+,10-/m1/s1. The molecule has 0 bridgehead atoms. The summed E-state index contributed by atoms with van der Waals surface area (Å²) in [4.78, 5) is 0. The molecule has 1 unspecified atom stereocenters. The maximum Gasteiger partial charge on any atom is 0.179 e. The smallest absolute Gasteiger partial charge is 0.179 e. The van der Waals surface area contributed by atoms with E-state index in [1.54, 1.807) is 12.3 Å². The molecule has 0 radical (unpaired) electrons. The zero-order chi connectivity index (χ0) is 11.7. The number of rotatable bonds is 2. The highest BCUT2D eigenvalue weighted by Gasteiger charge is 2.43. The van der Waals surface area contributed by atoms with Gasteiger partial charge in [-0.15, -0.1) is 6.42 Å². The van der Waals surface area contributed by atoms with E-state index >= 15 is 0 Å². The first-order valence-corrected chi connectivity index (χ1v) is 4.81. The summed E-state index contributed by atoms with van der Waals surface area (Å²) in [5.41, 5.74) is 0.415. The lowest BCUT2D eigenvalue weighted by Gasteiger charge is -2.14. The summed E-state index contributed by atoms with van der Waals surface area (Å²) >= 11 is 0. The van der Waals surface area contributed by atoms with Crippen LogP contribution in [0.1, 0.15) is 11.9 Å². The van der Waals surface area contributed by atoms with Gasteiger partial charge >= 0.3 is 0 Å². The van der Waals surface area contributed by atoms with Gasteiger partial charge in [0.15, 0.2) is 6.23 Å². The number of terminal acetylenes is 1. The first-order valence-electron chi connectivity index (χ1n) is 4.81. The first-order chi connectivity index (χ1) is 7.67. The molecule has 0 amide bonds. The second kappa shape index (κ2) is 4.23. The largest absolute Gasteiger partial charge is 0.394 e. The lowest BCUT2D eigenvalue weighted by molar-refractivity contribution is -0.0586. The Morgan fingerprint density at radius 1 is 1.50 bits per heavy atom. The fourth-order valence-electron chi connectivity index (χ4n) is 1.66. The summed E-state index contributed by atoms with van der Waals surface area (Å²) in [6.07, 6.45) is 2.81. The predicted octanol–water partition coefficient (Wildman–Crippen LogP) is -1.52. The van der Waals surface area contributed by atoms with Gasteiger partial charge in [-0.2, -0.15) is 5.10 Å². The maximum absolute atomic E-state index is 9.70. The molecule has 3 N–H and O–H groups in total. The quantitative estimate of drug-likeness (QED) is 0.531. The molecule has 1 aliphatic heterocycles. The number of ether oxygens (including phenoxy) is 1. The minimum absolute atomic E-state index is 0.363. The fourth-order valence-corrected chi connectivity index (χ4v) is 1.66. The van der Waals surface area contributed by atoms with E-state index in [9.17, 15) is 10.2 Å². The molecule has 0 aromatic carbocycles. The number of aromatic nitrogens is 2. The summed E-state index contributed by atoms with van der Waals surface area (Å²) in [6, 6.07) is 1.59. The topological polar surface area (TPSA) is 87.7 Å². The van der Waals surface area contributed by atoms with E-state index in [-0.39, 0.29) is 6.61 Å². The van der Waals surface area contributed by atoms with Gasteiger partial charge in [-0.1, -0.05) is 0 Å². The van der Waals surface area contributed by atoms with Crippen LogP contribution in [0.5, 0.6) is 0 Å². The number of nitrogens with zero attached hydrogens (tertiary/aromatic N) is 2. The van der Waals surface area contributed by atoms with Gasteiger partial charge in [0.2, 0.25) is 0 Å². The van der Waals surface area contributed by atoms with Crippen LogP contribution in [0, 0.1) is 12.3 Å². The number of hydrogen-bond acceptors (Lipinski definition) is 5. The third-order valence-electron chi connectivity index (χ3n) is 2.53. The maximum atomic E-state index is 9.70. The summed E-state index contributed by atoms with van der Waals surface area (Å²) in [7, 11) is 0. The number of aliphatic hydroxyl groups is 3. The van der Waals surface area contributed by atoms with Gasteiger partial charge in [0.05, 0.1) is 6.61 Å². The van der Waals surface area contributed by atoms with Crippen molar-refractivity contribution >= 4 is 0 Å². The predicted molar refractivity (Wildman–Crippen MR) is 53.2 cm³/mol. The molecule has 86 valence electrons. The number of hydrogen-bond donors (Lipinski definition) is 3. The highest BCUT2D eigenvalue weighted by Crippen LogP contribution is 2.28. The zero-order valence-corrected chi connectivity index (χ0v) is 8.39. The lowest BCUT2D eigenvalue weighted by atomic mass is 10.1. The van der Waals surface area contributed by atoms with Crippen molar-refractivity contribution in [2.24, 2.45) is 0 Å². The van der Waals surface area contributed by atoms with Crippen LogP contribution in [0.3, 0.4) is 0 Å². The van der Waals surface area contributed by atoms with Crippen LogP contribution in [0.15, 0.2) is 12.3 Å². The van der Waals surface area contributed by atoms with Crippen LogP contribution in [-0.4, -0.2) is 50.0 Å². The third-order valence-corrected chi connectivity index (χ3v) is 2.53. The molecule has 1 aliphatic rings. The van der Waals surface area contributed by atoms with Crippen molar-refractivity contribution in [2.45, 2.75) is 24.5 Å². The molecule has 0 saturated carbocycles. The average molecular weight is 224 g/mol. The Hall–Kier alpha value is -1.39. The minimum Gasteiger partial charge on any atom is -0.394 e. The molecule has 6 heteroatoms. The van der Waals surface area contributed by atoms with Gasteiger partial charge in [-0.05, 0) is 12.0 Å². The summed E-state index contributed by atoms with van der Waals surface area (Å²) < 4.78 is 6.59. The van der Waals surface area contributed by atoms with E-state index in [1.165, 1.54) is 4.68 Å².